The fourth-order valence-corrected chi connectivity index (χ4v) is 4.07. The van der Waals surface area contributed by atoms with Crippen LogP contribution in [-0.4, -0.2) is 80.3 Å². The van der Waals surface area contributed by atoms with Gasteiger partial charge in [-0.05, 0) is 0 Å². The van der Waals surface area contributed by atoms with Crippen molar-refractivity contribution in [3.8, 4) is 0 Å². The molecule has 11 nitrogen and oxygen atoms in total. The molecule has 1 fully saturated rings. The van der Waals surface area contributed by atoms with Gasteiger partial charge in [0.05, 0.1) is 18.0 Å². The van der Waals surface area contributed by atoms with Crippen LogP contribution in [0.15, 0.2) is 29.7 Å². The molecule has 1 aliphatic rings. The Morgan fingerprint density at radius 3 is 2.35 bits per heavy atom. The van der Waals surface area contributed by atoms with E-state index >= 15 is 0 Å². The molecule has 2 aromatic rings. The van der Waals surface area contributed by atoms with Gasteiger partial charge in [-0.1, -0.05) is 0 Å². The Morgan fingerprint density at radius 1 is 1.12 bits per heavy atom. The Morgan fingerprint density at radius 2 is 1.81 bits per heavy atom. The largest absolute Gasteiger partial charge is 0.478 e. The number of rotatable bonds is 5. The summed E-state index contributed by atoms with van der Waals surface area (Å²) in [7, 11) is -1.99. The van der Waals surface area contributed by atoms with Crippen LogP contribution in [0.2, 0.25) is 0 Å². The number of hydrogen-bond donors (Lipinski definition) is 1. The number of carboxylic acid groups (broad SMARTS) is 1. The van der Waals surface area contributed by atoms with Crippen LogP contribution < -0.4 is 0 Å². The number of aromatic nitrogens is 4. The minimum absolute atomic E-state index is 0.00480. The third-order valence-corrected chi connectivity index (χ3v) is 5.94. The lowest BCUT2D eigenvalue weighted by molar-refractivity contribution is -0.133. The standard InChI is InChI=1S/C14H18N6O5S/c1-17-9-12(7-15-17)26(24,25)20-4-2-18(3-5-20)13(21)10-19-8-11(6-16-19)14(22)23/h6-9H,2-5,10H2,1H3,(H,22,23). The van der Waals surface area contributed by atoms with E-state index < -0.39 is 16.0 Å². The number of sulfonamides is 1. The van der Waals surface area contributed by atoms with Crippen molar-refractivity contribution in [2.24, 2.45) is 7.05 Å². The molecular weight excluding hydrogens is 364 g/mol. The number of carbonyl (C=O) groups excluding carboxylic acids is 1. The molecule has 0 spiro atoms. The highest BCUT2D eigenvalue weighted by molar-refractivity contribution is 7.89. The van der Waals surface area contributed by atoms with Gasteiger partial charge in [-0.25, -0.2) is 13.2 Å². The SMILES string of the molecule is Cn1cc(S(=O)(=O)N2CCN(C(=O)Cn3cc(C(=O)O)cn3)CC2)cn1. The fraction of sp³-hybridized carbons (Fsp3) is 0.429. The second kappa shape index (κ2) is 6.88. The van der Waals surface area contributed by atoms with Gasteiger partial charge >= 0.3 is 5.97 Å². The van der Waals surface area contributed by atoms with Gasteiger partial charge in [-0.3, -0.25) is 14.2 Å². The topological polar surface area (TPSA) is 131 Å². The van der Waals surface area contributed by atoms with E-state index in [0.717, 1.165) is 0 Å². The Bertz CT molecular complexity index is 925. The Hall–Kier alpha value is -2.73. The number of nitrogens with zero attached hydrogens (tertiary/aromatic N) is 6. The lowest BCUT2D eigenvalue weighted by Gasteiger charge is -2.33. The quantitative estimate of drug-likeness (QED) is 0.691. The summed E-state index contributed by atoms with van der Waals surface area (Å²) in [4.78, 5) is 24.8. The van der Waals surface area contributed by atoms with Crippen molar-refractivity contribution in [2.75, 3.05) is 26.2 Å². The van der Waals surface area contributed by atoms with Gasteiger partial charge in [0.15, 0.2) is 0 Å². The molecule has 0 unspecified atom stereocenters. The van der Waals surface area contributed by atoms with Crippen molar-refractivity contribution in [3.05, 3.63) is 30.4 Å². The van der Waals surface area contributed by atoms with Crippen molar-refractivity contribution in [1.82, 2.24) is 28.8 Å². The average Bonchev–Trinajstić information content (AvgIpc) is 3.24. The summed E-state index contributed by atoms with van der Waals surface area (Å²) in [5, 5.41) is 16.6. The summed E-state index contributed by atoms with van der Waals surface area (Å²) in [5.74, 6) is -1.36. The van der Waals surface area contributed by atoms with Crippen molar-refractivity contribution < 1.29 is 23.1 Å². The van der Waals surface area contributed by atoms with Gasteiger partial charge in [0, 0.05) is 45.6 Å². The molecule has 0 aromatic carbocycles. The highest BCUT2D eigenvalue weighted by Crippen LogP contribution is 2.17. The maximum Gasteiger partial charge on any atom is 0.338 e. The lowest BCUT2D eigenvalue weighted by Crippen LogP contribution is -2.51. The summed E-state index contributed by atoms with van der Waals surface area (Å²) in [5.41, 5.74) is 0.00480. The van der Waals surface area contributed by atoms with E-state index in [-0.39, 0.29) is 49.1 Å². The normalized spacial score (nSPS) is 16.0. The van der Waals surface area contributed by atoms with Gasteiger partial charge in [-0.15, -0.1) is 0 Å². The van der Waals surface area contributed by atoms with Crippen LogP contribution in [0, 0.1) is 0 Å². The fourth-order valence-electron chi connectivity index (χ4n) is 2.66. The van der Waals surface area contributed by atoms with Crippen molar-refractivity contribution in [3.63, 3.8) is 0 Å². The second-order valence-corrected chi connectivity index (χ2v) is 7.80. The van der Waals surface area contributed by atoms with Gasteiger partial charge in [0.1, 0.15) is 11.4 Å². The van der Waals surface area contributed by atoms with E-state index in [4.69, 9.17) is 5.11 Å². The molecule has 140 valence electrons. The third kappa shape index (κ3) is 3.60. The smallest absolute Gasteiger partial charge is 0.338 e. The van der Waals surface area contributed by atoms with Crippen LogP contribution in [0.3, 0.4) is 0 Å². The molecule has 1 aliphatic heterocycles. The Balaban J connectivity index is 1.59. The first-order valence-electron chi connectivity index (χ1n) is 7.79. The van der Waals surface area contributed by atoms with Crippen molar-refractivity contribution in [1.29, 1.82) is 0 Å². The summed E-state index contributed by atoms with van der Waals surface area (Å²) in [6.45, 7) is 0.782. The van der Waals surface area contributed by atoms with Crippen LogP contribution in [-0.2, 0) is 28.4 Å². The van der Waals surface area contributed by atoms with Gasteiger partial charge in [0.25, 0.3) is 0 Å². The van der Waals surface area contributed by atoms with E-state index in [9.17, 15) is 18.0 Å². The van der Waals surface area contributed by atoms with Crippen molar-refractivity contribution in [2.45, 2.75) is 11.4 Å². The third-order valence-electron chi connectivity index (χ3n) is 4.09. The number of carboxylic acids is 1. The molecule has 0 radical (unpaired) electrons. The van der Waals surface area contributed by atoms with Gasteiger partial charge in [-0.2, -0.15) is 14.5 Å². The Kier molecular flexibility index (Phi) is 4.78. The molecule has 0 bridgehead atoms. The van der Waals surface area contributed by atoms with Crippen LogP contribution in [0.25, 0.3) is 0 Å². The van der Waals surface area contributed by atoms with Crippen LogP contribution in [0.1, 0.15) is 10.4 Å². The number of hydrogen-bond acceptors (Lipinski definition) is 6. The molecule has 3 rings (SSSR count). The molecule has 3 heterocycles. The monoisotopic (exact) mass is 382 g/mol. The molecule has 1 saturated heterocycles. The predicted octanol–water partition coefficient (Wildman–Crippen LogP) is -1.15. The first-order chi connectivity index (χ1) is 12.3. The maximum atomic E-state index is 12.5. The molecule has 1 N–H and O–H groups in total. The molecule has 1 amide bonds. The molecule has 0 atom stereocenters. The molecule has 2 aromatic heterocycles. The second-order valence-electron chi connectivity index (χ2n) is 5.87. The number of piperazine rings is 1. The van der Waals surface area contributed by atoms with Gasteiger partial charge in [0.2, 0.25) is 15.9 Å². The van der Waals surface area contributed by atoms with Gasteiger partial charge < -0.3 is 10.0 Å². The minimum Gasteiger partial charge on any atom is -0.478 e. The summed E-state index contributed by atoms with van der Waals surface area (Å²) < 4.78 is 29.1. The predicted molar refractivity (Wildman–Crippen MR) is 87.7 cm³/mol. The molecule has 26 heavy (non-hydrogen) atoms. The van der Waals surface area contributed by atoms with Crippen LogP contribution >= 0.6 is 0 Å². The van der Waals surface area contributed by atoms with E-state index in [0.29, 0.717) is 0 Å². The lowest BCUT2D eigenvalue weighted by atomic mass is 10.3. The van der Waals surface area contributed by atoms with Crippen LogP contribution in [0.4, 0.5) is 0 Å². The van der Waals surface area contributed by atoms with E-state index in [1.807, 2.05) is 0 Å². The zero-order chi connectivity index (χ0) is 18.9. The maximum absolute atomic E-state index is 12.5. The molecule has 12 heteroatoms. The average molecular weight is 382 g/mol. The zero-order valence-electron chi connectivity index (χ0n) is 14.0. The highest BCUT2D eigenvalue weighted by Gasteiger charge is 2.31. The van der Waals surface area contributed by atoms with Crippen LogP contribution in [0.5, 0.6) is 0 Å². The zero-order valence-corrected chi connectivity index (χ0v) is 14.8. The number of amides is 1. The number of aryl methyl sites for hydroxylation is 1. The first-order valence-corrected chi connectivity index (χ1v) is 9.23. The summed E-state index contributed by atoms with van der Waals surface area (Å²) in [6.07, 6.45) is 5.19. The molecule has 0 saturated carbocycles. The molecular formula is C14H18N6O5S. The molecule has 0 aliphatic carbocycles. The van der Waals surface area contributed by atoms with E-state index in [1.54, 1.807) is 7.05 Å². The minimum atomic E-state index is -3.63. The van der Waals surface area contributed by atoms with E-state index in [2.05, 4.69) is 10.2 Å². The first kappa shape index (κ1) is 18.1. The highest BCUT2D eigenvalue weighted by atomic mass is 32.2. The summed E-state index contributed by atoms with van der Waals surface area (Å²) >= 11 is 0. The van der Waals surface area contributed by atoms with E-state index in [1.165, 1.54) is 43.4 Å². The summed E-state index contributed by atoms with van der Waals surface area (Å²) in [6, 6.07) is 0. The number of carbonyl (C=O) groups is 2. The Labute approximate surface area is 149 Å². The number of aromatic carboxylic acids is 1. The van der Waals surface area contributed by atoms with Crippen molar-refractivity contribution >= 4 is 21.9 Å².